The van der Waals surface area contributed by atoms with Crippen molar-refractivity contribution in [3.8, 4) is 11.5 Å². The van der Waals surface area contributed by atoms with Gasteiger partial charge >= 0.3 is 0 Å². The monoisotopic (exact) mass is 335 g/mol. The standard InChI is InChI=1S/C18H13N3O4/c1-9-2-4-10(5-3-9)8-21-17(24)11-12(18(21)25)16(23)14-13(15(11)22)19-6-7-20-14/h2-7,22-23H,8H2,1H3. The first-order chi connectivity index (χ1) is 12.0. The Morgan fingerprint density at radius 1 is 0.880 bits per heavy atom. The Kier molecular flexibility index (Phi) is 3.18. The highest BCUT2D eigenvalue weighted by atomic mass is 16.3. The minimum absolute atomic E-state index is 0.0166. The quantitative estimate of drug-likeness (QED) is 0.549. The first-order valence-electron chi connectivity index (χ1n) is 7.59. The van der Waals surface area contributed by atoms with Gasteiger partial charge in [-0.25, -0.2) is 9.97 Å². The van der Waals surface area contributed by atoms with E-state index < -0.39 is 23.3 Å². The second kappa shape index (κ2) is 5.27. The molecule has 0 aliphatic carbocycles. The molecule has 0 unspecified atom stereocenters. The van der Waals surface area contributed by atoms with E-state index in [0.717, 1.165) is 16.0 Å². The van der Waals surface area contributed by atoms with Crippen LogP contribution in [0.15, 0.2) is 36.7 Å². The fourth-order valence-electron chi connectivity index (χ4n) is 2.96. The molecule has 2 heterocycles. The third kappa shape index (κ3) is 2.13. The molecule has 124 valence electrons. The Morgan fingerprint density at radius 3 is 1.84 bits per heavy atom. The molecule has 1 aromatic heterocycles. The molecule has 0 saturated heterocycles. The molecule has 0 saturated carbocycles. The van der Waals surface area contributed by atoms with E-state index in [1.807, 2.05) is 31.2 Å². The largest absolute Gasteiger partial charge is 0.505 e. The Labute approximate surface area is 142 Å². The van der Waals surface area contributed by atoms with Crippen LogP contribution in [0.25, 0.3) is 11.0 Å². The van der Waals surface area contributed by atoms with Gasteiger partial charge in [0.2, 0.25) is 0 Å². The summed E-state index contributed by atoms with van der Waals surface area (Å²) in [5.74, 6) is -2.22. The van der Waals surface area contributed by atoms with E-state index in [-0.39, 0.29) is 28.7 Å². The first-order valence-corrected chi connectivity index (χ1v) is 7.59. The molecule has 0 atom stereocenters. The molecular formula is C18H13N3O4. The molecule has 0 spiro atoms. The lowest BCUT2D eigenvalue weighted by molar-refractivity contribution is 0.0641. The highest BCUT2D eigenvalue weighted by Crippen LogP contribution is 2.42. The van der Waals surface area contributed by atoms with Crippen molar-refractivity contribution in [3.05, 3.63) is 58.9 Å². The van der Waals surface area contributed by atoms with Crippen molar-refractivity contribution in [3.63, 3.8) is 0 Å². The van der Waals surface area contributed by atoms with Crippen LogP contribution in [-0.4, -0.2) is 36.9 Å². The summed E-state index contributed by atoms with van der Waals surface area (Å²) in [5.41, 5.74) is 1.32. The van der Waals surface area contributed by atoms with Crippen molar-refractivity contribution in [2.45, 2.75) is 13.5 Å². The van der Waals surface area contributed by atoms with Crippen molar-refractivity contribution < 1.29 is 19.8 Å². The van der Waals surface area contributed by atoms with Crippen molar-refractivity contribution in [2.75, 3.05) is 0 Å². The number of aromatic hydroxyl groups is 2. The maximum Gasteiger partial charge on any atom is 0.265 e. The van der Waals surface area contributed by atoms with Gasteiger partial charge in [-0.1, -0.05) is 29.8 Å². The smallest absolute Gasteiger partial charge is 0.265 e. The lowest BCUT2D eigenvalue weighted by atomic mass is 10.1. The zero-order valence-electron chi connectivity index (χ0n) is 13.2. The van der Waals surface area contributed by atoms with Gasteiger partial charge in [0.05, 0.1) is 6.54 Å². The van der Waals surface area contributed by atoms with Gasteiger partial charge in [-0.15, -0.1) is 0 Å². The SMILES string of the molecule is Cc1ccc(CN2C(=O)c3c(c(O)c4nccnc4c3O)C2=O)cc1. The van der Waals surface area contributed by atoms with Crippen LogP contribution >= 0.6 is 0 Å². The fourth-order valence-corrected chi connectivity index (χ4v) is 2.96. The Hall–Kier alpha value is -3.48. The lowest BCUT2D eigenvalue weighted by Crippen LogP contribution is -2.29. The van der Waals surface area contributed by atoms with Crippen LogP contribution < -0.4 is 0 Å². The van der Waals surface area contributed by atoms with Gasteiger partial charge in [0.25, 0.3) is 11.8 Å². The average Bonchev–Trinajstić information content (AvgIpc) is 2.86. The van der Waals surface area contributed by atoms with Gasteiger partial charge in [0, 0.05) is 12.4 Å². The molecule has 0 radical (unpaired) electrons. The minimum Gasteiger partial charge on any atom is -0.505 e. The summed E-state index contributed by atoms with van der Waals surface area (Å²) in [6, 6.07) is 7.39. The molecule has 0 fully saturated rings. The van der Waals surface area contributed by atoms with E-state index in [4.69, 9.17) is 0 Å². The maximum atomic E-state index is 12.7. The number of hydrogen-bond acceptors (Lipinski definition) is 6. The van der Waals surface area contributed by atoms with Gasteiger partial charge in [-0.3, -0.25) is 14.5 Å². The number of amides is 2. The molecular weight excluding hydrogens is 322 g/mol. The Morgan fingerprint density at radius 2 is 1.36 bits per heavy atom. The van der Waals surface area contributed by atoms with E-state index >= 15 is 0 Å². The molecule has 0 bridgehead atoms. The normalized spacial score (nSPS) is 13.6. The van der Waals surface area contributed by atoms with Gasteiger partial charge < -0.3 is 10.2 Å². The number of aromatic nitrogens is 2. The van der Waals surface area contributed by atoms with Crippen molar-refractivity contribution >= 4 is 22.8 Å². The highest BCUT2D eigenvalue weighted by molar-refractivity contribution is 6.26. The fraction of sp³-hybridized carbons (Fsp3) is 0.111. The predicted octanol–water partition coefficient (Wildman–Crippen LogP) is 2.15. The second-order valence-electron chi connectivity index (χ2n) is 5.88. The number of phenolic OH excluding ortho intramolecular Hbond substituents is 2. The molecule has 7 heteroatoms. The molecule has 3 aromatic rings. The van der Waals surface area contributed by atoms with Gasteiger partial charge in [0.15, 0.2) is 11.5 Å². The third-order valence-corrected chi connectivity index (χ3v) is 4.25. The van der Waals surface area contributed by atoms with Gasteiger partial charge in [-0.2, -0.15) is 0 Å². The number of imide groups is 1. The minimum atomic E-state index is -0.666. The summed E-state index contributed by atoms with van der Waals surface area (Å²) >= 11 is 0. The van der Waals surface area contributed by atoms with Gasteiger partial charge in [0.1, 0.15) is 22.2 Å². The maximum absolute atomic E-state index is 12.7. The van der Waals surface area contributed by atoms with Crippen LogP contribution in [0.5, 0.6) is 11.5 Å². The summed E-state index contributed by atoms with van der Waals surface area (Å²) < 4.78 is 0. The summed E-state index contributed by atoms with van der Waals surface area (Å²) in [5, 5.41) is 20.8. The summed E-state index contributed by atoms with van der Waals surface area (Å²) in [6.45, 7) is 1.98. The third-order valence-electron chi connectivity index (χ3n) is 4.25. The number of rotatable bonds is 2. The topological polar surface area (TPSA) is 104 Å². The van der Waals surface area contributed by atoms with E-state index in [1.165, 1.54) is 12.4 Å². The molecule has 1 aliphatic rings. The van der Waals surface area contributed by atoms with Crippen LogP contribution in [0.2, 0.25) is 0 Å². The van der Waals surface area contributed by atoms with Crippen LogP contribution in [0.4, 0.5) is 0 Å². The Balaban J connectivity index is 1.84. The number of carbonyl (C=O) groups excluding carboxylic acids is 2. The molecule has 7 nitrogen and oxygen atoms in total. The number of carbonyl (C=O) groups is 2. The summed E-state index contributed by atoms with van der Waals surface area (Å²) in [6.07, 6.45) is 2.67. The molecule has 25 heavy (non-hydrogen) atoms. The van der Waals surface area contributed by atoms with E-state index in [2.05, 4.69) is 9.97 Å². The van der Waals surface area contributed by atoms with E-state index in [1.54, 1.807) is 0 Å². The van der Waals surface area contributed by atoms with Crippen molar-refractivity contribution in [1.29, 1.82) is 0 Å². The molecule has 1 aliphatic heterocycles. The molecule has 4 rings (SSSR count). The zero-order chi connectivity index (χ0) is 17.7. The van der Waals surface area contributed by atoms with Crippen LogP contribution in [0.3, 0.4) is 0 Å². The first kappa shape index (κ1) is 15.1. The van der Waals surface area contributed by atoms with E-state index in [0.29, 0.717) is 0 Å². The highest BCUT2D eigenvalue weighted by Gasteiger charge is 2.42. The molecule has 2 amide bonds. The average molecular weight is 335 g/mol. The van der Waals surface area contributed by atoms with Crippen molar-refractivity contribution in [2.24, 2.45) is 0 Å². The summed E-state index contributed by atoms with van der Waals surface area (Å²) in [7, 11) is 0. The number of hydrogen-bond donors (Lipinski definition) is 2. The predicted molar refractivity (Wildman–Crippen MR) is 88.3 cm³/mol. The molecule has 2 N–H and O–H groups in total. The number of phenols is 2. The lowest BCUT2D eigenvalue weighted by Gasteiger charge is -2.13. The zero-order valence-corrected chi connectivity index (χ0v) is 13.2. The van der Waals surface area contributed by atoms with Gasteiger partial charge in [-0.05, 0) is 12.5 Å². The van der Waals surface area contributed by atoms with E-state index in [9.17, 15) is 19.8 Å². The van der Waals surface area contributed by atoms with Crippen LogP contribution in [0, 0.1) is 6.92 Å². The molecule has 2 aromatic carbocycles. The van der Waals surface area contributed by atoms with Crippen LogP contribution in [-0.2, 0) is 6.54 Å². The second-order valence-corrected chi connectivity index (χ2v) is 5.88. The number of aryl methyl sites for hydroxylation is 1. The van der Waals surface area contributed by atoms with Crippen LogP contribution in [0.1, 0.15) is 31.8 Å². The van der Waals surface area contributed by atoms with Crippen molar-refractivity contribution in [1.82, 2.24) is 14.9 Å². The Bertz CT molecular complexity index is 984. The number of fused-ring (bicyclic) bond motifs is 2. The number of nitrogens with zero attached hydrogens (tertiary/aromatic N) is 3. The summed E-state index contributed by atoms with van der Waals surface area (Å²) in [4.78, 5) is 34.2. The number of benzene rings is 2.